The Morgan fingerprint density at radius 2 is 1.95 bits per heavy atom. The molecule has 3 amide bonds. The molecule has 1 fully saturated rings. The van der Waals surface area contributed by atoms with E-state index in [4.69, 9.17) is 25.8 Å². The lowest BCUT2D eigenvalue weighted by Crippen LogP contribution is -2.35. The molecule has 0 bridgehead atoms. The van der Waals surface area contributed by atoms with Crippen LogP contribution in [0, 0.1) is 6.92 Å². The van der Waals surface area contributed by atoms with Gasteiger partial charge < -0.3 is 19.5 Å². The number of nitrogens with zero attached hydrogens (tertiary/aromatic N) is 1. The number of rotatable bonds is 9. The Balaban J connectivity index is 1.71. The van der Waals surface area contributed by atoms with Crippen LogP contribution in [0.3, 0.4) is 0 Å². The summed E-state index contributed by atoms with van der Waals surface area (Å²) in [5.41, 5.74) is 1.96. The highest BCUT2D eigenvalue weighted by atomic mass is 79.9. The van der Waals surface area contributed by atoms with E-state index in [9.17, 15) is 19.2 Å². The van der Waals surface area contributed by atoms with Gasteiger partial charge in [0.15, 0.2) is 18.1 Å². The number of benzene rings is 2. The molecule has 3 rings (SSSR count). The van der Waals surface area contributed by atoms with Gasteiger partial charge in [0.2, 0.25) is 0 Å². The van der Waals surface area contributed by atoms with Crippen LogP contribution in [0.4, 0.5) is 10.5 Å². The molecule has 0 atom stereocenters. The first-order chi connectivity index (χ1) is 17.5. The zero-order chi connectivity index (χ0) is 27.3. The Hall–Kier alpha value is -3.02. The van der Waals surface area contributed by atoms with Crippen molar-refractivity contribution in [2.24, 2.45) is 0 Å². The molecule has 1 aliphatic rings. The summed E-state index contributed by atoms with van der Waals surface area (Å²) in [6, 6.07) is 8.42. The number of ether oxygens (including phenoxy) is 3. The first kappa shape index (κ1) is 28.5. The Bertz CT molecular complexity index is 1280. The lowest BCUT2D eigenvalue weighted by molar-refractivity contribution is -0.149. The van der Waals surface area contributed by atoms with Crippen LogP contribution in [-0.4, -0.2) is 54.3 Å². The molecule has 1 heterocycles. The van der Waals surface area contributed by atoms with E-state index in [-0.39, 0.29) is 23.4 Å². The Labute approximate surface area is 231 Å². The van der Waals surface area contributed by atoms with Gasteiger partial charge in [-0.25, -0.2) is 0 Å². The zero-order valence-electron chi connectivity index (χ0n) is 20.4. The van der Waals surface area contributed by atoms with Crippen LogP contribution >= 0.6 is 39.3 Å². The number of carbonyl (C=O) groups excluding carboxylic acids is 4. The predicted molar refractivity (Wildman–Crippen MR) is 145 cm³/mol. The fraction of sp³-hybridized carbons (Fsp3) is 0.280. The fourth-order valence-electron chi connectivity index (χ4n) is 3.19. The molecule has 12 heteroatoms. The van der Waals surface area contributed by atoms with Gasteiger partial charge >= 0.3 is 5.97 Å². The van der Waals surface area contributed by atoms with Gasteiger partial charge in [0.05, 0.1) is 22.6 Å². The van der Waals surface area contributed by atoms with Gasteiger partial charge in [0.25, 0.3) is 17.1 Å². The first-order valence-electron chi connectivity index (χ1n) is 11.0. The van der Waals surface area contributed by atoms with Crippen molar-refractivity contribution in [2.75, 3.05) is 25.6 Å². The average molecular weight is 612 g/mol. The lowest BCUT2D eigenvalue weighted by atomic mass is 10.2. The zero-order valence-corrected chi connectivity index (χ0v) is 23.6. The highest BCUT2D eigenvalue weighted by Gasteiger charge is 2.37. The summed E-state index contributed by atoms with van der Waals surface area (Å²) < 4.78 is 16.6. The predicted octanol–water partition coefficient (Wildman–Crippen LogP) is 5.42. The van der Waals surface area contributed by atoms with Crippen molar-refractivity contribution in [2.45, 2.75) is 26.9 Å². The molecule has 1 saturated heterocycles. The van der Waals surface area contributed by atoms with E-state index in [1.54, 1.807) is 44.2 Å². The van der Waals surface area contributed by atoms with Crippen molar-refractivity contribution in [1.29, 1.82) is 0 Å². The molecule has 2 aromatic rings. The largest absolute Gasteiger partial charge is 0.493 e. The summed E-state index contributed by atoms with van der Waals surface area (Å²) in [4.78, 5) is 50.2. The summed E-state index contributed by atoms with van der Waals surface area (Å²) in [6.07, 6.45) is 1.14. The molecule has 2 aromatic carbocycles. The molecule has 9 nitrogen and oxygen atoms in total. The maximum absolute atomic E-state index is 12.7. The fourth-order valence-corrected chi connectivity index (χ4v) is 4.78. The minimum atomic E-state index is -0.668. The van der Waals surface area contributed by atoms with Gasteiger partial charge in [0.1, 0.15) is 6.54 Å². The Morgan fingerprint density at radius 1 is 1.22 bits per heavy atom. The number of amides is 3. The molecule has 1 aliphatic heterocycles. The second-order valence-electron chi connectivity index (χ2n) is 8.14. The van der Waals surface area contributed by atoms with Crippen LogP contribution in [0.25, 0.3) is 6.08 Å². The van der Waals surface area contributed by atoms with Crippen LogP contribution in [0.1, 0.15) is 25.0 Å². The quantitative estimate of drug-likeness (QED) is 0.295. The Kier molecular flexibility index (Phi) is 9.63. The Morgan fingerprint density at radius 3 is 2.59 bits per heavy atom. The minimum absolute atomic E-state index is 0.140. The summed E-state index contributed by atoms with van der Waals surface area (Å²) in [5.74, 6) is -1.09. The van der Waals surface area contributed by atoms with Gasteiger partial charge in [-0.05, 0) is 89.9 Å². The molecule has 0 aliphatic carbocycles. The molecule has 1 N–H and O–H groups in total. The highest BCUT2D eigenvalue weighted by molar-refractivity contribution is 9.10. The number of esters is 1. The highest BCUT2D eigenvalue weighted by Crippen LogP contribution is 2.39. The number of hydrogen-bond acceptors (Lipinski definition) is 8. The van der Waals surface area contributed by atoms with Gasteiger partial charge in [-0.2, -0.15) is 0 Å². The van der Waals surface area contributed by atoms with Crippen LogP contribution < -0.4 is 14.8 Å². The maximum Gasteiger partial charge on any atom is 0.326 e. The van der Waals surface area contributed by atoms with E-state index in [0.717, 1.165) is 22.2 Å². The van der Waals surface area contributed by atoms with Crippen molar-refractivity contribution < 1.29 is 33.4 Å². The number of anilines is 1. The van der Waals surface area contributed by atoms with Gasteiger partial charge in [-0.15, -0.1) is 0 Å². The van der Waals surface area contributed by atoms with Crippen LogP contribution in [-0.2, 0) is 19.1 Å². The lowest BCUT2D eigenvalue weighted by Gasteiger charge is -2.14. The smallest absolute Gasteiger partial charge is 0.326 e. The number of methoxy groups -OCH3 is 1. The van der Waals surface area contributed by atoms with Gasteiger partial charge in [0, 0.05) is 10.7 Å². The van der Waals surface area contributed by atoms with E-state index in [0.29, 0.717) is 26.5 Å². The van der Waals surface area contributed by atoms with Crippen molar-refractivity contribution in [3.8, 4) is 11.5 Å². The summed E-state index contributed by atoms with van der Waals surface area (Å²) in [6.45, 7) is 4.45. The van der Waals surface area contributed by atoms with E-state index in [1.165, 1.54) is 13.2 Å². The molecule has 0 spiro atoms. The number of carbonyl (C=O) groups is 4. The topological polar surface area (TPSA) is 111 Å². The summed E-state index contributed by atoms with van der Waals surface area (Å²) in [5, 5.41) is 2.68. The van der Waals surface area contributed by atoms with Crippen LogP contribution in [0.5, 0.6) is 11.5 Å². The molecule has 196 valence electrons. The second-order valence-corrected chi connectivity index (χ2v) is 10.4. The van der Waals surface area contributed by atoms with Crippen molar-refractivity contribution in [3.05, 3.63) is 55.9 Å². The number of aryl methyl sites for hydroxylation is 1. The van der Waals surface area contributed by atoms with Gasteiger partial charge in [-0.3, -0.25) is 24.1 Å². The van der Waals surface area contributed by atoms with E-state index in [1.807, 2.05) is 6.92 Å². The molecular formula is C25H24BrClN2O7S. The van der Waals surface area contributed by atoms with E-state index < -0.39 is 29.6 Å². The number of hydrogen-bond donors (Lipinski definition) is 1. The first-order valence-corrected chi connectivity index (χ1v) is 13.0. The minimum Gasteiger partial charge on any atom is -0.493 e. The normalized spacial score (nSPS) is 14.4. The second kappa shape index (κ2) is 12.5. The van der Waals surface area contributed by atoms with Crippen LogP contribution in [0.2, 0.25) is 5.02 Å². The SMILES string of the molecule is COc1cc(/C=C2\SC(=O)N(CC(=O)OC(C)C)C2=O)cc(Br)c1OCC(=O)Nc1ccc(C)c(Cl)c1. The third-order valence-electron chi connectivity index (χ3n) is 4.88. The summed E-state index contributed by atoms with van der Waals surface area (Å²) >= 11 is 10.2. The monoisotopic (exact) mass is 610 g/mol. The maximum atomic E-state index is 12.7. The number of halogens is 2. The molecular weight excluding hydrogens is 588 g/mol. The molecule has 0 unspecified atom stereocenters. The number of nitrogens with one attached hydrogen (secondary N) is 1. The average Bonchev–Trinajstić information content (AvgIpc) is 3.07. The van der Waals surface area contributed by atoms with E-state index in [2.05, 4.69) is 21.2 Å². The van der Waals surface area contributed by atoms with Crippen molar-refractivity contribution in [1.82, 2.24) is 4.90 Å². The van der Waals surface area contributed by atoms with Crippen molar-refractivity contribution in [3.63, 3.8) is 0 Å². The van der Waals surface area contributed by atoms with Crippen molar-refractivity contribution >= 4 is 74.1 Å². The third kappa shape index (κ3) is 7.50. The molecule has 0 radical (unpaired) electrons. The molecule has 0 saturated carbocycles. The van der Waals surface area contributed by atoms with Crippen LogP contribution in [0.15, 0.2) is 39.7 Å². The molecule has 0 aromatic heterocycles. The van der Waals surface area contributed by atoms with Gasteiger partial charge in [-0.1, -0.05) is 17.7 Å². The van der Waals surface area contributed by atoms with E-state index >= 15 is 0 Å². The number of imide groups is 1. The molecule has 37 heavy (non-hydrogen) atoms. The summed E-state index contributed by atoms with van der Waals surface area (Å²) in [7, 11) is 1.43. The number of thioether (sulfide) groups is 1. The third-order valence-corrected chi connectivity index (χ3v) is 6.78. The standard InChI is InChI=1S/C25H24BrClN2O7S/c1-13(2)36-22(31)11-29-24(32)20(37-25(29)33)9-15-7-17(26)23(19(8-15)34-4)35-12-21(30)28-16-6-5-14(3)18(27)10-16/h5-10,13H,11-12H2,1-4H3,(H,28,30)/b20-9-.